The van der Waals surface area contributed by atoms with Crippen molar-refractivity contribution in [2.45, 2.75) is 20.0 Å². The first-order valence-corrected chi connectivity index (χ1v) is 10.9. The molecule has 0 bridgehead atoms. The van der Waals surface area contributed by atoms with Gasteiger partial charge in [0.2, 0.25) is 10.0 Å². The summed E-state index contributed by atoms with van der Waals surface area (Å²) in [6.45, 7) is 4.97. The number of carbonyl (C=O) groups is 2. The Bertz CT molecular complexity index is 835. The third kappa shape index (κ3) is 4.01. The molecular formula is C18H25N3O6S. The number of hydrogen-bond donors (Lipinski definition) is 0. The van der Waals surface area contributed by atoms with E-state index in [1.54, 1.807) is 47.9 Å². The summed E-state index contributed by atoms with van der Waals surface area (Å²) >= 11 is 0. The van der Waals surface area contributed by atoms with Gasteiger partial charge in [0.05, 0.1) is 24.6 Å². The lowest BCUT2D eigenvalue weighted by Crippen LogP contribution is -2.57. The molecule has 0 aliphatic carbocycles. The number of benzene rings is 1. The molecule has 0 spiro atoms. The third-order valence-corrected chi connectivity index (χ3v) is 6.58. The normalized spacial score (nSPS) is 19.6. The van der Waals surface area contributed by atoms with Gasteiger partial charge >= 0.3 is 6.09 Å². The second kappa shape index (κ2) is 8.26. The Hall–Kier alpha value is -2.49. The monoisotopic (exact) mass is 411 g/mol. The van der Waals surface area contributed by atoms with Gasteiger partial charge in [-0.1, -0.05) is 12.1 Å². The molecule has 0 saturated carbocycles. The molecule has 154 valence electrons. The van der Waals surface area contributed by atoms with E-state index in [1.807, 2.05) is 0 Å². The minimum Gasteiger partial charge on any atom is -0.476 e. The van der Waals surface area contributed by atoms with Gasteiger partial charge in [0.15, 0.2) is 6.10 Å². The van der Waals surface area contributed by atoms with E-state index in [2.05, 4.69) is 0 Å². The van der Waals surface area contributed by atoms with E-state index >= 15 is 0 Å². The number of carbonyl (C=O) groups excluding carboxylic acids is 2. The van der Waals surface area contributed by atoms with Crippen LogP contribution in [0.5, 0.6) is 5.75 Å². The van der Waals surface area contributed by atoms with Crippen molar-refractivity contribution in [2.24, 2.45) is 0 Å². The standard InChI is InChI=1S/C18H25N3O6S/c1-3-26-18(23)20-11-9-19(10-12-20)17(22)16-13-21(28(24,25)4-2)14-7-5-6-8-15(14)27-16/h5-8,16H,3-4,9-13H2,1-2H3/t16-/m0/s1. The Morgan fingerprint density at radius 1 is 1.11 bits per heavy atom. The molecule has 1 atom stereocenters. The van der Waals surface area contributed by atoms with Gasteiger partial charge in [-0.2, -0.15) is 0 Å². The summed E-state index contributed by atoms with van der Waals surface area (Å²) in [6, 6.07) is 6.80. The quantitative estimate of drug-likeness (QED) is 0.731. The molecule has 10 heteroatoms. The lowest BCUT2D eigenvalue weighted by atomic mass is 10.2. The molecule has 2 aliphatic rings. The maximum atomic E-state index is 13.0. The highest BCUT2D eigenvalue weighted by Gasteiger charge is 2.38. The van der Waals surface area contributed by atoms with Crippen LogP contribution in [-0.4, -0.2) is 81.4 Å². The molecule has 1 fully saturated rings. The molecule has 0 unspecified atom stereocenters. The van der Waals surface area contributed by atoms with Crippen molar-refractivity contribution in [1.29, 1.82) is 0 Å². The number of ether oxygens (including phenoxy) is 2. The van der Waals surface area contributed by atoms with Crippen molar-refractivity contribution < 1.29 is 27.5 Å². The van der Waals surface area contributed by atoms with Crippen molar-refractivity contribution in [2.75, 3.05) is 49.4 Å². The van der Waals surface area contributed by atoms with Crippen LogP contribution in [0.4, 0.5) is 10.5 Å². The number of anilines is 1. The zero-order valence-corrected chi connectivity index (χ0v) is 16.9. The summed E-state index contributed by atoms with van der Waals surface area (Å²) in [5.41, 5.74) is 0.445. The highest BCUT2D eigenvalue weighted by atomic mass is 32.2. The third-order valence-electron chi connectivity index (χ3n) is 4.83. The summed E-state index contributed by atoms with van der Waals surface area (Å²) in [5, 5.41) is 0. The van der Waals surface area contributed by atoms with Gasteiger partial charge in [0.1, 0.15) is 5.75 Å². The molecule has 2 heterocycles. The Morgan fingerprint density at radius 2 is 1.75 bits per heavy atom. The van der Waals surface area contributed by atoms with Crippen LogP contribution in [0.2, 0.25) is 0 Å². The van der Waals surface area contributed by atoms with Crippen LogP contribution >= 0.6 is 0 Å². The van der Waals surface area contributed by atoms with E-state index in [-0.39, 0.29) is 18.2 Å². The lowest BCUT2D eigenvalue weighted by Gasteiger charge is -2.39. The van der Waals surface area contributed by atoms with E-state index in [1.165, 1.54) is 4.31 Å². The van der Waals surface area contributed by atoms with Crippen LogP contribution in [0, 0.1) is 0 Å². The molecule has 1 aromatic carbocycles. The Morgan fingerprint density at radius 3 is 2.39 bits per heavy atom. The number of sulfonamides is 1. The van der Waals surface area contributed by atoms with Gasteiger partial charge in [-0.05, 0) is 26.0 Å². The van der Waals surface area contributed by atoms with Gasteiger partial charge in [-0.25, -0.2) is 13.2 Å². The van der Waals surface area contributed by atoms with Crippen LogP contribution < -0.4 is 9.04 Å². The molecule has 0 N–H and O–H groups in total. The van der Waals surface area contributed by atoms with Crippen molar-refractivity contribution in [1.82, 2.24) is 9.80 Å². The molecule has 2 amide bonds. The van der Waals surface area contributed by atoms with E-state index in [9.17, 15) is 18.0 Å². The summed E-state index contributed by atoms with van der Waals surface area (Å²) in [7, 11) is -3.54. The summed E-state index contributed by atoms with van der Waals surface area (Å²) in [4.78, 5) is 27.9. The predicted molar refractivity (Wildman–Crippen MR) is 103 cm³/mol. The van der Waals surface area contributed by atoms with E-state index in [0.717, 1.165) is 0 Å². The number of amides is 2. The second-order valence-electron chi connectivity index (χ2n) is 6.52. The molecule has 1 saturated heterocycles. The fourth-order valence-corrected chi connectivity index (χ4v) is 4.40. The predicted octanol–water partition coefficient (Wildman–Crippen LogP) is 0.904. The van der Waals surface area contributed by atoms with Crippen molar-refractivity contribution >= 4 is 27.7 Å². The molecule has 3 rings (SSSR count). The number of hydrogen-bond acceptors (Lipinski definition) is 6. The molecule has 0 radical (unpaired) electrons. The first-order chi connectivity index (χ1) is 13.4. The second-order valence-corrected chi connectivity index (χ2v) is 8.70. The Labute approximate surface area is 164 Å². The highest BCUT2D eigenvalue weighted by Crippen LogP contribution is 2.35. The van der Waals surface area contributed by atoms with Gasteiger partial charge in [0.25, 0.3) is 5.91 Å². The minimum atomic E-state index is -3.54. The Kier molecular flexibility index (Phi) is 5.97. The molecule has 9 nitrogen and oxygen atoms in total. The average molecular weight is 411 g/mol. The number of nitrogens with zero attached hydrogens (tertiary/aromatic N) is 3. The molecule has 0 aromatic heterocycles. The first-order valence-electron chi connectivity index (χ1n) is 9.34. The maximum Gasteiger partial charge on any atom is 0.409 e. The summed E-state index contributed by atoms with van der Waals surface area (Å²) < 4.78 is 37.1. The van der Waals surface area contributed by atoms with Crippen LogP contribution in [-0.2, 0) is 19.6 Å². The summed E-state index contributed by atoms with van der Waals surface area (Å²) in [6.07, 6.45) is -1.32. The van der Waals surface area contributed by atoms with Crippen molar-refractivity contribution in [3.05, 3.63) is 24.3 Å². The van der Waals surface area contributed by atoms with Crippen LogP contribution in [0.15, 0.2) is 24.3 Å². The number of piperazine rings is 1. The SMILES string of the molecule is CCOC(=O)N1CCN(C(=O)[C@@H]2CN(S(=O)(=O)CC)c3ccccc3O2)CC1. The van der Waals surface area contributed by atoms with E-state index < -0.39 is 22.2 Å². The molecule has 2 aliphatic heterocycles. The van der Waals surface area contributed by atoms with Crippen LogP contribution in [0.3, 0.4) is 0 Å². The Balaban J connectivity index is 1.72. The maximum absolute atomic E-state index is 13.0. The molecule has 1 aromatic rings. The van der Waals surface area contributed by atoms with E-state index in [0.29, 0.717) is 44.2 Å². The largest absolute Gasteiger partial charge is 0.476 e. The van der Waals surface area contributed by atoms with Gasteiger partial charge < -0.3 is 19.3 Å². The smallest absolute Gasteiger partial charge is 0.409 e. The minimum absolute atomic E-state index is 0.0654. The lowest BCUT2D eigenvalue weighted by molar-refractivity contribution is -0.140. The number of para-hydroxylation sites is 2. The van der Waals surface area contributed by atoms with Crippen molar-refractivity contribution in [3.63, 3.8) is 0 Å². The topological polar surface area (TPSA) is 96.5 Å². The average Bonchev–Trinajstić information content (AvgIpc) is 2.72. The molecule has 28 heavy (non-hydrogen) atoms. The van der Waals surface area contributed by atoms with Gasteiger partial charge in [-0.3, -0.25) is 9.10 Å². The van der Waals surface area contributed by atoms with Gasteiger partial charge in [0, 0.05) is 26.2 Å². The highest BCUT2D eigenvalue weighted by molar-refractivity contribution is 7.92. The number of fused-ring (bicyclic) bond motifs is 1. The zero-order valence-electron chi connectivity index (χ0n) is 16.0. The first kappa shape index (κ1) is 20.2. The zero-order chi connectivity index (χ0) is 20.3. The van der Waals surface area contributed by atoms with Crippen LogP contribution in [0.1, 0.15) is 13.8 Å². The van der Waals surface area contributed by atoms with Crippen molar-refractivity contribution in [3.8, 4) is 5.75 Å². The fourth-order valence-electron chi connectivity index (χ4n) is 3.28. The molecular weight excluding hydrogens is 386 g/mol. The fraction of sp³-hybridized carbons (Fsp3) is 0.556. The van der Waals surface area contributed by atoms with Gasteiger partial charge in [-0.15, -0.1) is 0 Å². The summed E-state index contributed by atoms with van der Waals surface area (Å²) in [5.74, 6) is 0.0177. The van der Waals surface area contributed by atoms with E-state index in [4.69, 9.17) is 9.47 Å². The van der Waals surface area contributed by atoms with Crippen LogP contribution in [0.25, 0.3) is 0 Å². The number of rotatable bonds is 4.